The Balaban J connectivity index is 0.00000149. The van der Waals surface area contributed by atoms with Crippen LogP contribution in [0.2, 0.25) is 0 Å². The van der Waals surface area contributed by atoms with E-state index in [1.54, 1.807) is 27.7 Å². The van der Waals surface area contributed by atoms with Gasteiger partial charge in [0.25, 0.3) is 0 Å². The van der Waals surface area contributed by atoms with Crippen LogP contribution in [0, 0.1) is 41.5 Å². The van der Waals surface area contributed by atoms with Crippen LogP contribution in [0.25, 0.3) is 0 Å². The second kappa shape index (κ2) is 17.3. The van der Waals surface area contributed by atoms with E-state index in [-0.39, 0.29) is 40.9 Å². The number of nitrogens with zero attached hydrogens (tertiary/aromatic N) is 1. The van der Waals surface area contributed by atoms with Gasteiger partial charge in [-0.15, -0.1) is 23.4 Å². The molecule has 0 spiro atoms. The summed E-state index contributed by atoms with van der Waals surface area (Å²) >= 11 is 0. The third-order valence-corrected chi connectivity index (χ3v) is 5.67. The molecule has 7 heteroatoms. The number of aliphatic hydroxyl groups excluding tert-OH is 1. The van der Waals surface area contributed by atoms with Crippen molar-refractivity contribution >= 4 is 17.6 Å². The Bertz CT molecular complexity index is 1070. The van der Waals surface area contributed by atoms with Crippen molar-refractivity contribution in [2.45, 2.75) is 101 Å². The van der Waals surface area contributed by atoms with Crippen LogP contribution in [-0.2, 0) is 19.6 Å². The predicted octanol–water partition coefficient (Wildman–Crippen LogP) is 3.72. The number of hydrogen-bond acceptors (Lipinski definition) is 6. The molecule has 1 N–H and O–H groups in total. The molecule has 0 aromatic heterocycles. The number of benzene rings is 3. The average molecular weight is 608 g/mol. The summed E-state index contributed by atoms with van der Waals surface area (Å²) in [6.07, 6.45) is -0.583. The Morgan fingerprint density at radius 3 is 0.975 bits per heavy atom. The molecule has 3 aromatic rings. The van der Waals surface area contributed by atoms with E-state index in [2.05, 4.69) is 0 Å². The molecule has 0 saturated heterocycles. The molecule has 0 unspecified atom stereocenters. The van der Waals surface area contributed by atoms with Crippen LogP contribution in [0.3, 0.4) is 0 Å². The monoisotopic (exact) mass is 609 g/mol. The minimum absolute atomic E-state index is 0. The van der Waals surface area contributed by atoms with Crippen LogP contribution < -0.4 is 20.4 Å². The van der Waals surface area contributed by atoms with Crippen molar-refractivity contribution in [2.24, 2.45) is 0 Å². The van der Waals surface area contributed by atoms with Gasteiger partial charge in [0.1, 0.15) is 0 Å². The molecular formula is C33H45GeNO5-4. The van der Waals surface area contributed by atoms with Gasteiger partial charge in [0, 0.05) is 43.3 Å². The number of aryl methyl sites for hydroxylation is 6. The Kier molecular flexibility index (Phi) is 16.2. The van der Waals surface area contributed by atoms with Gasteiger partial charge in [-0.05, 0) is 72.1 Å². The van der Waals surface area contributed by atoms with Crippen molar-refractivity contribution in [3.8, 4) is 17.2 Å². The molecular weight excluding hydrogens is 563 g/mol. The first-order valence-electron chi connectivity index (χ1n) is 13.4. The molecule has 4 radical (unpaired) electrons. The van der Waals surface area contributed by atoms with Crippen molar-refractivity contribution in [1.82, 2.24) is 4.90 Å². The van der Waals surface area contributed by atoms with Crippen LogP contribution in [0.1, 0.15) is 77.8 Å². The molecule has 3 aromatic carbocycles. The molecule has 3 rings (SSSR count). The average Bonchev–Trinajstić information content (AvgIpc) is 2.77. The Morgan fingerprint density at radius 1 is 0.575 bits per heavy atom. The van der Waals surface area contributed by atoms with Crippen LogP contribution in [-0.4, -0.2) is 39.8 Å². The van der Waals surface area contributed by atoms with E-state index in [0.717, 1.165) is 16.7 Å². The Hall–Kier alpha value is -2.52. The molecule has 0 aliphatic carbocycles. The third-order valence-electron chi connectivity index (χ3n) is 5.67. The standard InChI is InChI=1S/C27H33NO3.C3H8O.C3H7O.Ge/c1-16-7-19(4)25(29)22(10-16)13-28(14-23-11-17(2)8-20(5)26(23)30)15-24-12-18(3)9-21(6)27(24)31;2*1-3(2)4;/h7-12,29-31H,13-15H2,1-6H3;3-4H,1-2H3;3H,1-2H3;/q;;-1;/p-3. The zero-order valence-electron chi connectivity index (χ0n) is 25.8. The molecule has 40 heavy (non-hydrogen) atoms. The summed E-state index contributed by atoms with van der Waals surface area (Å²) in [5.74, 6) is 0.0448. The summed E-state index contributed by atoms with van der Waals surface area (Å²) in [6.45, 7) is 19.2. The van der Waals surface area contributed by atoms with Crippen molar-refractivity contribution in [3.05, 3.63) is 86.5 Å². The molecule has 0 heterocycles. The predicted molar refractivity (Wildman–Crippen MR) is 157 cm³/mol. The fourth-order valence-corrected chi connectivity index (χ4v) is 4.37. The first-order chi connectivity index (χ1) is 18.0. The maximum atomic E-state index is 12.8. The van der Waals surface area contributed by atoms with Gasteiger partial charge in [0.15, 0.2) is 0 Å². The van der Waals surface area contributed by atoms with Crippen LogP contribution in [0.5, 0.6) is 17.2 Å². The summed E-state index contributed by atoms with van der Waals surface area (Å²) in [5, 5.41) is 55.9. The second-order valence-electron chi connectivity index (χ2n) is 11.0. The van der Waals surface area contributed by atoms with E-state index < -0.39 is 6.10 Å². The van der Waals surface area contributed by atoms with Crippen LogP contribution >= 0.6 is 0 Å². The third kappa shape index (κ3) is 12.8. The smallest absolute Gasteiger partial charge is 0.0483 e. The van der Waals surface area contributed by atoms with E-state index in [4.69, 9.17) is 5.11 Å². The molecule has 220 valence electrons. The summed E-state index contributed by atoms with van der Waals surface area (Å²) in [4.78, 5) is 2.03. The SMILES string of the molecule is CC(C)O.CC(C)[O-].Cc1cc(C)c([O-])c(CN(Cc2cc(C)cc(C)c2[O-])Cc2cc(C)cc(C)c2[O-])c1.[Ge]. The molecule has 0 fully saturated rings. The maximum absolute atomic E-state index is 12.8. The first kappa shape index (κ1) is 37.5. The molecule has 6 nitrogen and oxygen atoms in total. The summed E-state index contributed by atoms with van der Waals surface area (Å²) in [7, 11) is 0. The van der Waals surface area contributed by atoms with Crippen LogP contribution in [0.4, 0.5) is 0 Å². The zero-order chi connectivity index (χ0) is 30.0. The van der Waals surface area contributed by atoms with Gasteiger partial charge >= 0.3 is 0 Å². The van der Waals surface area contributed by atoms with E-state index in [1.807, 2.05) is 82.8 Å². The topological polar surface area (TPSA) is 116 Å². The minimum atomic E-state index is -0.417. The molecule has 0 amide bonds. The van der Waals surface area contributed by atoms with E-state index in [9.17, 15) is 20.4 Å². The van der Waals surface area contributed by atoms with Gasteiger partial charge in [-0.1, -0.05) is 83.6 Å². The Labute approximate surface area is 252 Å². The van der Waals surface area contributed by atoms with Gasteiger partial charge in [-0.2, -0.15) is 0 Å². The molecule has 0 saturated carbocycles. The minimum Gasteiger partial charge on any atom is -0.872 e. The Morgan fingerprint density at radius 2 is 0.775 bits per heavy atom. The first-order valence-corrected chi connectivity index (χ1v) is 13.4. The quantitative estimate of drug-likeness (QED) is 0.427. The van der Waals surface area contributed by atoms with Crippen LogP contribution in [0.15, 0.2) is 36.4 Å². The molecule has 0 bridgehead atoms. The van der Waals surface area contributed by atoms with Gasteiger partial charge in [0.05, 0.1) is 0 Å². The van der Waals surface area contributed by atoms with Crippen molar-refractivity contribution in [3.63, 3.8) is 0 Å². The number of aliphatic hydroxyl groups is 1. The van der Waals surface area contributed by atoms with E-state index >= 15 is 0 Å². The molecule has 0 aliphatic rings. The van der Waals surface area contributed by atoms with Crippen molar-refractivity contribution < 1.29 is 25.5 Å². The van der Waals surface area contributed by atoms with E-state index in [0.29, 0.717) is 53.0 Å². The molecule has 0 atom stereocenters. The van der Waals surface area contributed by atoms with Gasteiger partial charge in [-0.3, -0.25) is 4.90 Å². The fraction of sp³-hybridized carbons (Fsp3) is 0.455. The fourth-order valence-electron chi connectivity index (χ4n) is 4.37. The van der Waals surface area contributed by atoms with Gasteiger partial charge < -0.3 is 25.5 Å². The van der Waals surface area contributed by atoms with Gasteiger partial charge in [0.2, 0.25) is 0 Å². The summed E-state index contributed by atoms with van der Waals surface area (Å²) in [6, 6.07) is 11.4. The number of rotatable bonds is 6. The second-order valence-corrected chi connectivity index (χ2v) is 11.0. The van der Waals surface area contributed by atoms with E-state index in [1.165, 1.54) is 0 Å². The number of hydrogen-bond donors (Lipinski definition) is 1. The maximum Gasteiger partial charge on any atom is 0.0483 e. The van der Waals surface area contributed by atoms with Crippen molar-refractivity contribution in [2.75, 3.05) is 0 Å². The summed E-state index contributed by atoms with van der Waals surface area (Å²) < 4.78 is 0. The van der Waals surface area contributed by atoms with Crippen molar-refractivity contribution in [1.29, 1.82) is 0 Å². The zero-order valence-corrected chi connectivity index (χ0v) is 27.9. The normalized spacial score (nSPS) is 10.6. The largest absolute Gasteiger partial charge is 0.872 e. The summed E-state index contributed by atoms with van der Waals surface area (Å²) in [5.41, 5.74) is 7.27. The molecule has 0 aliphatic heterocycles. The van der Waals surface area contributed by atoms with Gasteiger partial charge in [-0.25, -0.2) is 0 Å².